The lowest BCUT2D eigenvalue weighted by molar-refractivity contribution is -0.114. The van der Waals surface area contributed by atoms with Gasteiger partial charge in [-0.1, -0.05) is 4.98 Å². The Hall–Kier alpha value is -3.34. The van der Waals surface area contributed by atoms with Crippen molar-refractivity contribution in [2.45, 2.75) is 6.92 Å². The van der Waals surface area contributed by atoms with Gasteiger partial charge in [-0.25, -0.2) is 9.97 Å². The first kappa shape index (κ1) is 14.3. The molecule has 0 fully saturated rings. The Labute approximate surface area is 139 Å². The molecule has 119 valence electrons. The minimum absolute atomic E-state index is 0.0806. The maximum atomic E-state index is 11.3. The molecule has 0 spiro atoms. The van der Waals surface area contributed by atoms with Crippen LogP contribution in [0, 0.1) is 0 Å². The average molecular weight is 345 g/mol. The van der Waals surface area contributed by atoms with E-state index in [-0.39, 0.29) is 28.9 Å². The molecule has 0 aromatic carbocycles. The fraction of sp³-hybridized carbons (Fsp3) is 0.0833. The lowest BCUT2D eigenvalue weighted by Crippen LogP contribution is -2.12. The van der Waals surface area contributed by atoms with Crippen LogP contribution < -0.4 is 21.4 Å². The quantitative estimate of drug-likeness (QED) is 0.555. The van der Waals surface area contributed by atoms with Gasteiger partial charge in [0.2, 0.25) is 17.5 Å². The van der Waals surface area contributed by atoms with E-state index in [4.69, 9.17) is 17.3 Å². The van der Waals surface area contributed by atoms with Crippen molar-refractivity contribution in [1.29, 1.82) is 0 Å². The highest BCUT2D eigenvalue weighted by atomic mass is 35.5. The van der Waals surface area contributed by atoms with E-state index < -0.39 is 0 Å². The van der Waals surface area contributed by atoms with Gasteiger partial charge >= 0.3 is 17.1 Å². The summed E-state index contributed by atoms with van der Waals surface area (Å²) in [6.07, 6.45) is 3.01. The van der Waals surface area contributed by atoms with Crippen molar-refractivity contribution in [1.82, 2.24) is 34.5 Å². The van der Waals surface area contributed by atoms with E-state index >= 15 is 0 Å². The fourth-order valence-corrected chi connectivity index (χ4v) is 2.39. The molecule has 4 heterocycles. The number of nitrogens with one attached hydrogen (secondary N) is 2. The van der Waals surface area contributed by atoms with Crippen LogP contribution in [0.15, 0.2) is 12.5 Å². The lowest BCUT2D eigenvalue weighted by atomic mass is 10.4. The number of hydrogen-bond acceptors (Lipinski definition) is 9. The Morgan fingerprint density at radius 2 is 2.21 bits per heavy atom. The van der Waals surface area contributed by atoms with Gasteiger partial charge in [0.1, 0.15) is 11.8 Å². The summed E-state index contributed by atoms with van der Waals surface area (Å²) in [5.41, 5.74) is 7.09. The van der Waals surface area contributed by atoms with Crippen LogP contribution in [0.2, 0.25) is 0 Å². The molecule has 3 aromatic rings. The maximum absolute atomic E-state index is 11.3. The summed E-state index contributed by atoms with van der Waals surface area (Å²) in [6.45, 7) is 1.35. The highest BCUT2D eigenvalue weighted by molar-refractivity contribution is 6.68. The SMILES string of the molecule is CC(=O)Nc1nc2c(c(-n3cnc4cnc(N)nc43)n1)NC(Cl)=[N+]2. The van der Waals surface area contributed by atoms with Crippen molar-refractivity contribution in [3.63, 3.8) is 0 Å². The van der Waals surface area contributed by atoms with Crippen LogP contribution in [0.4, 0.5) is 23.4 Å². The molecule has 0 bridgehead atoms. The molecule has 12 heteroatoms. The number of halogens is 1. The lowest BCUT2D eigenvalue weighted by Gasteiger charge is -2.06. The number of aromatic nitrogens is 6. The monoisotopic (exact) mass is 344 g/mol. The normalized spacial score (nSPS) is 12.7. The predicted molar refractivity (Wildman–Crippen MR) is 87.2 cm³/mol. The molecular formula is C12H9ClN10O+. The van der Waals surface area contributed by atoms with Gasteiger partial charge in [-0.15, -0.1) is 0 Å². The van der Waals surface area contributed by atoms with Crippen LogP contribution in [0.5, 0.6) is 0 Å². The van der Waals surface area contributed by atoms with Gasteiger partial charge in [-0.05, 0) is 16.6 Å². The molecule has 1 aliphatic heterocycles. The summed E-state index contributed by atoms with van der Waals surface area (Å²) < 4.78 is 1.58. The van der Waals surface area contributed by atoms with Crippen molar-refractivity contribution >= 4 is 57.4 Å². The third-order valence-corrected chi connectivity index (χ3v) is 3.31. The number of fused-ring (bicyclic) bond motifs is 2. The van der Waals surface area contributed by atoms with E-state index in [1.165, 1.54) is 19.4 Å². The highest BCUT2D eigenvalue weighted by Crippen LogP contribution is 2.32. The van der Waals surface area contributed by atoms with Crippen molar-refractivity contribution in [2.24, 2.45) is 0 Å². The van der Waals surface area contributed by atoms with Crippen molar-refractivity contribution in [2.75, 3.05) is 16.4 Å². The molecule has 0 atom stereocenters. The van der Waals surface area contributed by atoms with Crippen LogP contribution in [0.3, 0.4) is 0 Å². The fourth-order valence-electron chi connectivity index (χ4n) is 2.22. The predicted octanol–water partition coefficient (Wildman–Crippen LogP) is 0.134. The van der Waals surface area contributed by atoms with Gasteiger partial charge in [0.15, 0.2) is 11.5 Å². The highest BCUT2D eigenvalue weighted by Gasteiger charge is 2.31. The summed E-state index contributed by atoms with van der Waals surface area (Å²) in [5, 5.41) is 5.53. The smallest absolute Gasteiger partial charge is 0.345 e. The van der Waals surface area contributed by atoms with Gasteiger partial charge in [0.25, 0.3) is 0 Å². The first-order valence-corrected chi connectivity index (χ1v) is 7.06. The molecule has 4 rings (SSSR count). The Balaban J connectivity index is 1.95. The van der Waals surface area contributed by atoms with Gasteiger partial charge < -0.3 is 5.73 Å². The number of carbonyl (C=O) groups is 1. The van der Waals surface area contributed by atoms with Gasteiger partial charge in [-0.2, -0.15) is 9.97 Å². The number of amides is 1. The summed E-state index contributed by atoms with van der Waals surface area (Å²) >= 11 is 5.93. The average Bonchev–Trinajstić information content (AvgIpc) is 3.08. The minimum atomic E-state index is -0.316. The number of rotatable bonds is 2. The van der Waals surface area contributed by atoms with Crippen molar-refractivity contribution in [3.05, 3.63) is 12.5 Å². The van der Waals surface area contributed by atoms with E-state index in [1.54, 1.807) is 4.57 Å². The third kappa shape index (κ3) is 2.27. The zero-order chi connectivity index (χ0) is 16.8. The van der Waals surface area contributed by atoms with E-state index in [9.17, 15) is 4.79 Å². The summed E-state index contributed by atoms with van der Waals surface area (Å²) in [6, 6.07) is 0. The largest absolute Gasteiger partial charge is 0.368 e. The maximum Gasteiger partial charge on any atom is 0.345 e. The van der Waals surface area contributed by atoms with E-state index in [2.05, 4.69) is 40.5 Å². The molecule has 4 N–H and O–H groups in total. The molecule has 0 aliphatic carbocycles. The molecule has 11 nitrogen and oxygen atoms in total. The summed E-state index contributed by atoms with van der Waals surface area (Å²) in [7, 11) is 0. The zero-order valence-electron chi connectivity index (χ0n) is 12.1. The van der Waals surface area contributed by atoms with Gasteiger partial charge in [-0.3, -0.25) is 20.0 Å². The van der Waals surface area contributed by atoms with E-state index in [1.807, 2.05) is 0 Å². The Bertz CT molecular complexity index is 1030. The molecule has 1 radical (unpaired) electrons. The topological polar surface area (TPSA) is 151 Å². The number of nitrogen functional groups attached to an aromatic ring is 1. The zero-order valence-corrected chi connectivity index (χ0v) is 12.9. The number of nitrogens with zero attached hydrogens (tertiary/aromatic N) is 7. The van der Waals surface area contributed by atoms with Crippen LogP contribution in [-0.2, 0) is 4.79 Å². The Morgan fingerprint density at radius 1 is 1.38 bits per heavy atom. The van der Waals surface area contributed by atoms with Crippen LogP contribution in [-0.4, -0.2) is 40.7 Å². The van der Waals surface area contributed by atoms with E-state index in [0.717, 1.165) is 0 Å². The number of nitrogens with two attached hydrogens (primary N) is 1. The van der Waals surface area contributed by atoms with Crippen molar-refractivity contribution in [3.8, 4) is 5.82 Å². The number of carbonyl (C=O) groups excluding carboxylic acids is 1. The van der Waals surface area contributed by atoms with E-state index in [0.29, 0.717) is 22.7 Å². The molecule has 0 saturated heterocycles. The first-order valence-electron chi connectivity index (χ1n) is 6.68. The molecule has 3 aromatic heterocycles. The number of imidazole rings is 1. The second kappa shape index (κ2) is 5.09. The van der Waals surface area contributed by atoms with Crippen LogP contribution >= 0.6 is 11.6 Å². The third-order valence-electron chi connectivity index (χ3n) is 3.13. The molecule has 0 saturated carbocycles. The van der Waals surface area contributed by atoms with Crippen molar-refractivity contribution < 1.29 is 4.79 Å². The van der Waals surface area contributed by atoms with Gasteiger partial charge in [0.05, 0.1) is 6.20 Å². The molecule has 1 aliphatic rings. The standard InChI is InChI=1S/C12H9ClN10O/c1-4(24)17-12-20-7-6(18-10(13)19-7)9(22-12)23-3-16-5-2-15-11(14)21-8(5)23/h2-3,18H,1H3,(H2,14,15,21)(H,17,20,22,24)/q+1. The van der Waals surface area contributed by atoms with Crippen LogP contribution in [0.25, 0.3) is 17.0 Å². The second-order valence-corrected chi connectivity index (χ2v) is 5.19. The summed E-state index contributed by atoms with van der Waals surface area (Å²) in [5.74, 6) is 0.515. The van der Waals surface area contributed by atoms with Gasteiger partial charge in [0, 0.05) is 6.92 Å². The molecule has 1 amide bonds. The molecule has 0 unspecified atom stereocenters. The minimum Gasteiger partial charge on any atom is -0.368 e. The van der Waals surface area contributed by atoms with Crippen LogP contribution in [0.1, 0.15) is 6.92 Å². The summed E-state index contributed by atoms with van der Waals surface area (Å²) in [4.78, 5) is 36.1. The molecular weight excluding hydrogens is 336 g/mol. The second-order valence-electron chi connectivity index (χ2n) is 4.83. The first-order chi connectivity index (χ1) is 11.5. The Morgan fingerprint density at radius 3 is 3.00 bits per heavy atom. The number of aliphatic imine (C=N–C) groups is 1. The number of hydrogen-bond donors (Lipinski definition) is 3. The Kier molecular flexibility index (Phi) is 3.03. The number of amidine groups is 1. The number of anilines is 3. The molecule has 24 heavy (non-hydrogen) atoms.